The van der Waals surface area contributed by atoms with Crippen LogP contribution in [0.15, 0.2) is 48.6 Å². The van der Waals surface area contributed by atoms with Crippen molar-refractivity contribution in [2.24, 2.45) is 17.8 Å². The first kappa shape index (κ1) is 23.9. The number of hydrogen-bond donors (Lipinski definition) is 0. The lowest BCUT2D eigenvalue weighted by Gasteiger charge is -2.29. The third-order valence-electron chi connectivity index (χ3n) is 6.90. The molecule has 5 heteroatoms. The van der Waals surface area contributed by atoms with Crippen LogP contribution < -0.4 is 4.74 Å². The maximum Gasteiger partial charge on any atom is 0.425 e. The number of benzene rings is 1. The van der Waals surface area contributed by atoms with E-state index in [0.29, 0.717) is 11.8 Å². The molecule has 0 unspecified atom stereocenters. The fourth-order valence-corrected chi connectivity index (χ4v) is 5.16. The van der Waals surface area contributed by atoms with E-state index in [2.05, 4.69) is 23.8 Å². The molecule has 0 radical (unpaired) electrons. The summed E-state index contributed by atoms with van der Waals surface area (Å²) in [6.45, 7) is 2.28. The van der Waals surface area contributed by atoms with E-state index in [1.165, 1.54) is 50.7 Å². The largest absolute Gasteiger partial charge is 0.429 e. The molecule has 0 N–H and O–H groups in total. The van der Waals surface area contributed by atoms with Crippen LogP contribution in [0.25, 0.3) is 0 Å². The van der Waals surface area contributed by atoms with Crippen LogP contribution in [0, 0.1) is 17.8 Å². The van der Waals surface area contributed by atoms with Gasteiger partial charge < -0.3 is 4.74 Å². The Bertz CT molecular complexity index is 720. The van der Waals surface area contributed by atoms with E-state index < -0.39 is 18.3 Å². The van der Waals surface area contributed by atoms with Crippen LogP contribution in [0.3, 0.4) is 0 Å². The van der Waals surface area contributed by atoms with Gasteiger partial charge in [-0.15, -0.1) is 0 Å². The van der Waals surface area contributed by atoms with Gasteiger partial charge in [0, 0.05) is 0 Å². The predicted octanol–water partition coefficient (Wildman–Crippen LogP) is 8.88. The maximum absolute atomic E-state index is 13.3. The summed E-state index contributed by atoms with van der Waals surface area (Å²) in [5.74, 6) is 2.61. The van der Waals surface area contributed by atoms with Gasteiger partial charge in [0.15, 0.2) is 0 Å². The van der Waals surface area contributed by atoms with Crippen molar-refractivity contribution in [3.05, 3.63) is 54.1 Å². The van der Waals surface area contributed by atoms with E-state index in [1.54, 1.807) is 12.1 Å². The number of halogens is 4. The molecule has 1 aromatic carbocycles. The summed E-state index contributed by atoms with van der Waals surface area (Å²) in [6.07, 6.45) is 10.5. The third-order valence-corrected chi connectivity index (χ3v) is 6.90. The second kappa shape index (κ2) is 11.2. The zero-order chi connectivity index (χ0) is 22.3. The first-order chi connectivity index (χ1) is 14.8. The van der Waals surface area contributed by atoms with Crippen LogP contribution in [-0.4, -0.2) is 6.11 Å². The van der Waals surface area contributed by atoms with Crippen molar-refractivity contribution in [1.29, 1.82) is 0 Å². The molecule has 2 aliphatic rings. The summed E-state index contributed by atoms with van der Waals surface area (Å²) in [6, 6.07) is 6.43. The molecule has 0 saturated heterocycles. The normalized spacial score (nSPS) is 27.3. The second-order valence-corrected chi connectivity index (χ2v) is 9.23. The SMILES string of the molecule is CCCC1CCC(/C=C/C2CCC(c3ccc(OC(F)(F)C=C(F)F)cc3)CC2)CC1. The summed E-state index contributed by atoms with van der Waals surface area (Å²) < 4.78 is 55.2. The standard InChI is InChI=1S/C26H34F4O/c1-2-3-19-4-6-20(7-5-19)8-9-21-10-12-22(13-11-21)23-14-16-24(17-15-23)31-26(29,30)18-25(27)28/h8-9,14-22H,2-7,10-13H2,1H3/b9-8+. The summed E-state index contributed by atoms with van der Waals surface area (Å²) in [5, 5.41) is 0. The minimum atomic E-state index is -4.01. The summed E-state index contributed by atoms with van der Waals surface area (Å²) >= 11 is 0. The van der Waals surface area contributed by atoms with E-state index in [4.69, 9.17) is 0 Å². The molecule has 172 valence electrons. The van der Waals surface area contributed by atoms with Crippen molar-refractivity contribution in [2.45, 2.75) is 83.2 Å². The lowest BCUT2D eigenvalue weighted by Crippen LogP contribution is -2.21. The lowest BCUT2D eigenvalue weighted by atomic mass is 9.77. The minimum Gasteiger partial charge on any atom is -0.429 e. The van der Waals surface area contributed by atoms with E-state index in [9.17, 15) is 17.6 Å². The number of alkyl halides is 2. The lowest BCUT2D eigenvalue weighted by molar-refractivity contribution is -0.133. The Hall–Kier alpha value is -1.78. The van der Waals surface area contributed by atoms with Crippen molar-refractivity contribution in [3.63, 3.8) is 0 Å². The number of ether oxygens (including phenoxy) is 1. The Balaban J connectivity index is 1.44. The quantitative estimate of drug-likeness (QED) is 0.291. The molecular formula is C26H34F4O. The Morgan fingerprint density at radius 3 is 1.97 bits per heavy atom. The molecule has 1 nitrogen and oxygen atoms in total. The topological polar surface area (TPSA) is 9.23 Å². The van der Waals surface area contributed by atoms with E-state index in [0.717, 1.165) is 43.1 Å². The molecule has 0 bridgehead atoms. The summed E-state index contributed by atoms with van der Waals surface area (Å²) in [7, 11) is 0. The van der Waals surface area contributed by atoms with Crippen LogP contribution >= 0.6 is 0 Å². The highest BCUT2D eigenvalue weighted by Gasteiger charge is 2.30. The minimum absolute atomic E-state index is 0.114. The van der Waals surface area contributed by atoms with Crippen LogP contribution in [-0.2, 0) is 0 Å². The highest BCUT2D eigenvalue weighted by atomic mass is 19.3. The molecule has 0 amide bonds. The van der Waals surface area contributed by atoms with Gasteiger partial charge in [0.1, 0.15) is 5.75 Å². The Morgan fingerprint density at radius 2 is 1.45 bits per heavy atom. The van der Waals surface area contributed by atoms with Crippen LogP contribution in [0.4, 0.5) is 17.6 Å². The molecule has 2 saturated carbocycles. The van der Waals surface area contributed by atoms with Crippen molar-refractivity contribution in [1.82, 2.24) is 0 Å². The highest BCUT2D eigenvalue weighted by molar-refractivity contribution is 5.30. The maximum atomic E-state index is 13.3. The molecular weight excluding hydrogens is 404 g/mol. The molecule has 0 aromatic heterocycles. The van der Waals surface area contributed by atoms with Gasteiger partial charge in [-0.25, -0.2) is 0 Å². The molecule has 0 aliphatic heterocycles. The average molecular weight is 439 g/mol. The first-order valence-corrected chi connectivity index (χ1v) is 11.7. The van der Waals surface area contributed by atoms with Crippen LogP contribution in [0.2, 0.25) is 0 Å². The van der Waals surface area contributed by atoms with Crippen LogP contribution in [0.5, 0.6) is 5.75 Å². The van der Waals surface area contributed by atoms with Gasteiger partial charge in [0.25, 0.3) is 6.08 Å². The smallest absolute Gasteiger partial charge is 0.425 e. The van der Waals surface area contributed by atoms with Gasteiger partial charge in [-0.05, 0) is 92.7 Å². The third kappa shape index (κ3) is 7.69. The Labute approximate surface area is 183 Å². The average Bonchev–Trinajstić information content (AvgIpc) is 2.73. The van der Waals surface area contributed by atoms with E-state index >= 15 is 0 Å². The fourth-order valence-electron chi connectivity index (χ4n) is 5.16. The summed E-state index contributed by atoms with van der Waals surface area (Å²) in [5.41, 5.74) is 1.10. The van der Waals surface area contributed by atoms with Gasteiger partial charge >= 0.3 is 6.11 Å². The van der Waals surface area contributed by atoms with Crippen molar-refractivity contribution < 1.29 is 22.3 Å². The van der Waals surface area contributed by atoms with Crippen molar-refractivity contribution in [2.75, 3.05) is 0 Å². The van der Waals surface area contributed by atoms with Gasteiger partial charge in [-0.3, -0.25) is 0 Å². The number of hydrogen-bond acceptors (Lipinski definition) is 1. The molecule has 3 rings (SSSR count). The van der Waals surface area contributed by atoms with Gasteiger partial charge in [-0.1, -0.05) is 44.1 Å². The monoisotopic (exact) mass is 438 g/mol. The molecule has 1 aromatic rings. The number of rotatable bonds is 8. The predicted molar refractivity (Wildman–Crippen MR) is 117 cm³/mol. The van der Waals surface area contributed by atoms with Gasteiger partial charge in [-0.2, -0.15) is 17.6 Å². The summed E-state index contributed by atoms with van der Waals surface area (Å²) in [4.78, 5) is 0. The van der Waals surface area contributed by atoms with Crippen molar-refractivity contribution >= 4 is 0 Å². The van der Waals surface area contributed by atoms with E-state index in [1.807, 2.05) is 0 Å². The van der Waals surface area contributed by atoms with Crippen LogP contribution in [0.1, 0.15) is 82.6 Å². The molecule has 2 aliphatic carbocycles. The zero-order valence-corrected chi connectivity index (χ0v) is 18.3. The zero-order valence-electron chi connectivity index (χ0n) is 18.3. The first-order valence-electron chi connectivity index (χ1n) is 11.7. The van der Waals surface area contributed by atoms with Crippen molar-refractivity contribution in [3.8, 4) is 5.75 Å². The molecule has 0 spiro atoms. The van der Waals surface area contributed by atoms with E-state index in [-0.39, 0.29) is 5.75 Å². The number of allylic oxidation sites excluding steroid dienone is 2. The Kier molecular flexibility index (Phi) is 8.62. The molecule has 0 atom stereocenters. The van der Waals surface area contributed by atoms with Gasteiger partial charge in [0.05, 0.1) is 6.08 Å². The Morgan fingerprint density at radius 1 is 0.903 bits per heavy atom. The fraction of sp³-hybridized carbons (Fsp3) is 0.615. The second-order valence-electron chi connectivity index (χ2n) is 9.23. The van der Waals surface area contributed by atoms with Gasteiger partial charge in [0.2, 0.25) is 0 Å². The molecule has 0 heterocycles. The molecule has 31 heavy (non-hydrogen) atoms. The highest BCUT2D eigenvalue weighted by Crippen LogP contribution is 2.38. The molecule has 2 fully saturated rings.